The summed E-state index contributed by atoms with van der Waals surface area (Å²) in [5.41, 5.74) is 0.505. The third kappa shape index (κ3) is 4.67. The molecule has 3 heterocycles. The maximum absolute atomic E-state index is 13.8. The summed E-state index contributed by atoms with van der Waals surface area (Å²) in [5, 5.41) is 15.7. The van der Waals surface area contributed by atoms with Crippen molar-refractivity contribution in [3.63, 3.8) is 0 Å². The molecular formula is C25H25F2N5O3. The molecule has 1 aliphatic heterocycles. The van der Waals surface area contributed by atoms with Crippen molar-refractivity contribution in [2.24, 2.45) is 0 Å². The molecule has 0 saturated carbocycles. The van der Waals surface area contributed by atoms with E-state index in [1.807, 2.05) is 0 Å². The summed E-state index contributed by atoms with van der Waals surface area (Å²) in [4.78, 5) is 19.7. The number of piperidine rings is 1. The number of hydrogen-bond donors (Lipinski definition) is 1. The van der Waals surface area contributed by atoms with E-state index in [4.69, 9.17) is 4.74 Å². The lowest BCUT2D eigenvalue weighted by Crippen LogP contribution is -2.47. The van der Waals surface area contributed by atoms with Crippen LogP contribution in [0.25, 0.3) is 16.7 Å². The lowest BCUT2D eigenvalue weighted by Gasteiger charge is -2.38. The molecule has 0 spiro atoms. The van der Waals surface area contributed by atoms with E-state index in [0.29, 0.717) is 49.2 Å². The number of methoxy groups -OCH3 is 1. The van der Waals surface area contributed by atoms with Crippen LogP contribution in [0.2, 0.25) is 0 Å². The Balaban J connectivity index is 1.31. The zero-order valence-corrected chi connectivity index (χ0v) is 19.2. The summed E-state index contributed by atoms with van der Waals surface area (Å²) < 4.78 is 34.8. The van der Waals surface area contributed by atoms with Crippen LogP contribution in [0.3, 0.4) is 0 Å². The van der Waals surface area contributed by atoms with Gasteiger partial charge in [-0.1, -0.05) is 12.1 Å². The van der Waals surface area contributed by atoms with Gasteiger partial charge in [0.05, 0.1) is 31.1 Å². The van der Waals surface area contributed by atoms with Crippen molar-refractivity contribution in [1.29, 1.82) is 0 Å². The lowest BCUT2D eigenvalue weighted by molar-refractivity contribution is -0.0364. The molecule has 10 heteroatoms. The van der Waals surface area contributed by atoms with Gasteiger partial charge in [0.15, 0.2) is 17.2 Å². The van der Waals surface area contributed by atoms with Crippen LogP contribution in [0.4, 0.5) is 8.78 Å². The maximum atomic E-state index is 13.8. The van der Waals surface area contributed by atoms with E-state index in [0.717, 1.165) is 5.56 Å². The quantitative estimate of drug-likeness (QED) is 0.456. The van der Waals surface area contributed by atoms with E-state index in [-0.39, 0.29) is 23.7 Å². The lowest BCUT2D eigenvalue weighted by atomic mass is 9.91. The number of fused-ring (bicyclic) bond motifs is 1. The standard InChI is InChI=1S/C25H25F2N5O3/c1-35-22-12-19(6-7-21(22)27)32-23-20(13-29-32)24(33)31(16-28-23)15-25(34)8-10-30(11-9-25)14-17-2-4-18(26)5-3-17/h2-7,12-13,16,34H,8-11,14-15H2,1H3. The molecule has 8 nitrogen and oxygen atoms in total. The van der Waals surface area contributed by atoms with Crippen LogP contribution < -0.4 is 10.3 Å². The first kappa shape index (κ1) is 23.1. The summed E-state index contributed by atoms with van der Waals surface area (Å²) in [6.45, 7) is 2.11. The predicted molar refractivity (Wildman–Crippen MR) is 125 cm³/mol. The number of likely N-dealkylation sites (tertiary alicyclic amines) is 1. The van der Waals surface area contributed by atoms with E-state index in [2.05, 4.69) is 15.0 Å². The molecule has 0 atom stereocenters. The highest BCUT2D eigenvalue weighted by molar-refractivity contribution is 5.75. The van der Waals surface area contributed by atoms with Crippen LogP contribution >= 0.6 is 0 Å². The minimum Gasteiger partial charge on any atom is -0.494 e. The molecule has 5 rings (SSSR count). The van der Waals surface area contributed by atoms with Gasteiger partial charge < -0.3 is 9.84 Å². The fourth-order valence-corrected chi connectivity index (χ4v) is 4.48. The molecule has 1 saturated heterocycles. The molecule has 35 heavy (non-hydrogen) atoms. The maximum Gasteiger partial charge on any atom is 0.264 e. The highest BCUT2D eigenvalue weighted by Gasteiger charge is 2.33. The van der Waals surface area contributed by atoms with Crippen molar-refractivity contribution in [2.45, 2.75) is 31.5 Å². The average molecular weight is 482 g/mol. The van der Waals surface area contributed by atoms with Gasteiger partial charge in [-0.05, 0) is 42.7 Å². The number of benzene rings is 2. The molecule has 0 unspecified atom stereocenters. The summed E-state index contributed by atoms with van der Waals surface area (Å²) >= 11 is 0. The third-order valence-corrected chi connectivity index (χ3v) is 6.50. The molecule has 1 N–H and O–H groups in total. The molecule has 0 bridgehead atoms. The van der Waals surface area contributed by atoms with Crippen LogP contribution in [0.1, 0.15) is 18.4 Å². The van der Waals surface area contributed by atoms with E-state index >= 15 is 0 Å². The van der Waals surface area contributed by atoms with Gasteiger partial charge in [-0.2, -0.15) is 5.10 Å². The van der Waals surface area contributed by atoms with Crippen LogP contribution in [-0.2, 0) is 13.1 Å². The van der Waals surface area contributed by atoms with Gasteiger partial charge in [-0.15, -0.1) is 0 Å². The molecule has 1 aliphatic rings. The highest BCUT2D eigenvalue weighted by atomic mass is 19.1. The fraction of sp³-hybridized carbons (Fsp3) is 0.320. The van der Waals surface area contributed by atoms with E-state index in [1.54, 1.807) is 12.1 Å². The van der Waals surface area contributed by atoms with E-state index in [1.165, 1.54) is 59.2 Å². The van der Waals surface area contributed by atoms with Crippen LogP contribution in [0.15, 0.2) is 59.8 Å². The molecule has 0 radical (unpaired) electrons. The van der Waals surface area contributed by atoms with Crippen LogP contribution in [0.5, 0.6) is 5.75 Å². The topological polar surface area (TPSA) is 85.4 Å². The number of halogens is 2. The number of aliphatic hydroxyl groups is 1. The molecular weight excluding hydrogens is 456 g/mol. The summed E-state index contributed by atoms with van der Waals surface area (Å²) in [7, 11) is 1.37. The second-order valence-electron chi connectivity index (χ2n) is 8.92. The van der Waals surface area contributed by atoms with Gasteiger partial charge >= 0.3 is 0 Å². The second-order valence-corrected chi connectivity index (χ2v) is 8.92. The smallest absolute Gasteiger partial charge is 0.264 e. The minimum absolute atomic E-state index is 0.0625. The number of hydrogen-bond acceptors (Lipinski definition) is 6. The summed E-state index contributed by atoms with van der Waals surface area (Å²) in [6.07, 6.45) is 3.82. The van der Waals surface area contributed by atoms with E-state index in [9.17, 15) is 18.7 Å². The first-order chi connectivity index (χ1) is 16.8. The Morgan fingerprint density at radius 2 is 1.86 bits per heavy atom. The molecule has 182 valence electrons. The van der Waals surface area contributed by atoms with Gasteiger partial charge in [0.1, 0.15) is 17.5 Å². The Kier molecular flexibility index (Phi) is 6.08. The van der Waals surface area contributed by atoms with E-state index < -0.39 is 11.4 Å². The number of rotatable bonds is 6. The molecule has 2 aromatic carbocycles. The zero-order chi connectivity index (χ0) is 24.6. The van der Waals surface area contributed by atoms with Gasteiger partial charge in [-0.25, -0.2) is 18.4 Å². The predicted octanol–water partition coefficient (Wildman–Crippen LogP) is 2.90. The summed E-state index contributed by atoms with van der Waals surface area (Å²) in [6, 6.07) is 10.7. The van der Waals surface area contributed by atoms with Gasteiger partial charge in [0.25, 0.3) is 5.56 Å². The number of aromatic nitrogens is 4. The molecule has 0 aliphatic carbocycles. The SMILES string of the molecule is COc1cc(-n2ncc3c(=O)n(CC4(O)CCN(Cc5ccc(F)cc5)CC4)cnc32)ccc1F. The number of nitrogens with zero attached hydrogens (tertiary/aromatic N) is 5. The number of ether oxygens (including phenoxy) is 1. The van der Waals surface area contributed by atoms with Gasteiger partial charge in [0, 0.05) is 25.7 Å². The molecule has 1 fully saturated rings. The first-order valence-electron chi connectivity index (χ1n) is 11.3. The normalized spacial score (nSPS) is 16.0. The van der Waals surface area contributed by atoms with Gasteiger partial charge in [0.2, 0.25) is 0 Å². The Morgan fingerprint density at radius 3 is 2.57 bits per heavy atom. The van der Waals surface area contributed by atoms with Crippen molar-refractivity contribution in [1.82, 2.24) is 24.2 Å². The van der Waals surface area contributed by atoms with Gasteiger partial charge in [-0.3, -0.25) is 14.3 Å². The summed E-state index contributed by atoms with van der Waals surface area (Å²) in [5.74, 6) is -0.701. The fourth-order valence-electron chi connectivity index (χ4n) is 4.48. The Morgan fingerprint density at radius 1 is 1.11 bits per heavy atom. The van der Waals surface area contributed by atoms with Crippen molar-refractivity contribution < 1.29 is 18.6 Å². The third-order valence-electron chi connectivity index (χ3n) is 6.50. The van der Waals surface area contributed by atoms with Crippen molar-refractivity contribution >= 4 is 11.0 Å². The molecule has 2 aromatic heterocycles. The van der Waals surface area contributed by atoms with Crippen LogP contribution in [0, 0.1) is 11.6 Å². The first-order valence-corrected chi connectivity index (χ1v) is 11.3. The van der Waals surface area contributed by atoms with Crippen molar-refractivity contribution in [3.8, 4) is 11.4 Å². The second kappa shape index (κ2) is 9.20. The van der Waals surface area contributed by atoms with Crippen molar-refractivity contribution in [2.75, 3.05) is 20.2 Å². The minimum atomic E-state index is -1.04. The molecule has 0 amide bonds. The monoisotopic (exact) mass is 481 g/mol. The zero-order valence-electron chi connectivity index (χ0n) is 19.2. The Hall–Kier alpha value is -3.63. The Bertz CT molecular complexity index is 1410. The Labute approximate surface area is 200 Å². The van der Waals surface area contributed by atoms with Crippen LogP contribution in [-0.4, -0.2) is 55.1 Å². The largest absolute Gasteiger partial charge is 0.494 e. The van der Waals surface area contributed by atoms with Crippen molar-refractivity contribution in [3.05, 3.63) is 82.5 Å². The highest BCUT2D eigenvalue weighted by Crippen LogP contribution is 2.26. The average Bonchev–Trinajstić information content (AvgIpc) is 3.29. The molecule has 4 aromatic rings.